The Morgan fingerprint density at radius 2 is 2.00 bits per heavy atom. The molecule has 0 aliphatic heterocycles. The molecule has 1 aliphatic carbocycles. The number of hydrogen-bond acceptors (Lipinski definition) is 2. The smallest absolute Gasteiger partial charge is 0.237 e. The highest BCUT2D eigenvalue weighted by Gasteiger charge is 2.25. The lowest BCUT2D eigenvalue weighted by Crippen LogP contribution is -2.42. The summed E-state index contributed by atoms with van der Waals surface area (Å²) in [4.78, 5) is 11.6. The van der Waals surface area contributed by atoms with E-state index in [0.29, 0.717) is 12.5 Å². The number of benzene rings is 1. The van der Waals surface area contributed by atoms with Gasteiger partial charge in [-0.15, -0.1) is 12.4 Å². The Morgan fingerprint density at radius 1 is 1.38 bits per heavy atom. The van der Waals surface area contributed by atoms with Gasteiger partial charge in [0, 0.05) is 6.04 Å². The molecule has 16 heavy (non-hydrogen) atoms. The van der Waals surface area contributed by atoms with Crippen LogP contribution < -0.4 is 11.1 Å². The molecule has 3 nitrogen and oxygen atoms in total. The van der Waals surface area contributed by atoms with Crippen molar-refractivity contribution in [1.29, 1.82) is 0 Å². The maximum atomic E-state index is 11.6. The van der Waals surface area contributed by atoms with Crippen molar-refractivity contribution in [3.63, 3.8) is 0 Å². The van der Waals surface area contributed by atoms with Crippen molar-refractivity contribution in [2.24, 2.45) is 5.73 Å². The van der Waals surface area contributed by atoms with Gasteiger partial charge in [0.25, 0.3) is 0 Å². The lowest BCUT2D eigenvalue weighted by Gasteiger charge is -2.11. The lowest BCUT2D eigenvalue weighted by molar-refractivity contribution is -0.122. The van der Waals surface area contributed by atoms with Gasteiger partial charge >= 0.3 is 0 Å². The molecule has 1 aromatic carbocycles. The second-order valence-corrected chi connectivity index (χ2v) is 4.08. The van der Waals surface area contributed by atoms with E-state index in [0.717, 1.165) is 18.4 Å². The van der Waals surface area contributed by atoms with Gasteiger partial charge in [0.15, 0.2) is 0 Å². The second-order valence-electron chi connectivity index (χ2n) is 4.08. The molecule has 3 N–H and O–H groups in total. The fourth-order valence-corrected chi connectivity index (χ4v) is 1.50. The zero-order valence-corrected chi connectivity index (χ0v) is 9.87. The van der Waals surface area contributed by atoms with Crippen LogP contribution in [0.5, 0.6) is 0 Å². The first-order valence-corrected chi connectivity index (χ1v) is 5.35. The van der Waals surface area contributed by atoms with Gasteiger partial charge in [-0.2, -0.15) is 0 Å². The van der Waals surface area contributed by atoms with E-state index >= 15 is 0 Å². The number of carbonyl (C=O) groups excluding carboxylic acids is 1. The van der Waals surface area contributed by atoms with E-state index in [-0.39, 0.29) is 18.3 Å². The third kappa shape index (κ3) is 3.83. The summed E-state index contributed by atoms with van der Waals surface area (Å²) in [6, 6.07) is 9.82. The number of amides is 1. The summed E-state index contributed by atoms with van der Waals surface area (Å²) in [7, 11) is 0. The lowest BCUT2D eigenvalue weighted by atomic mass is 10.1. The average molecular weight is 241 g/mol. The van der Waals surface area contributed by atoms with Crippen LogP contribution in [0.15, 0.2) is 30.3 Å². The molecule has 0 aromatic heterocycles. The number of carbonyl (C=O) groups is 1. The van der Waals surface area contributed by atoms with Gasteiger partial charge in [0.1, 0.15) is 0 Å². The van der Waals surface area contributed by atoms with E-state index < -0.39 is 6.04 Å². The standard InChI is InChI=1S/C12H16N2O.ClH/c13-11(12(15)14-10-6-7-10)8-9-4-2-1-3-5-9;/h1-5,10-11H,6-8,13H2,(H,14,15);1H. The van der Waals surface area contributed by atoms with Gasteiger partial charge in [0.2, 0.25) is 5.91 Å². The van der Waals surface area contributed by atoms with Crippen molar-refractivity contribution in [2.75, 3.05) is 0 Å². The maximum Gasteiger partial charge on any atom is 0.237 e. The molecule has 1 unspecified atom stereocenters. The third-order valence-electron chi connectivity index (χ3n) is 2.56. The Morgan fingerprint density at radius 3 is 2.56 bits per heavy atom. The largest absolute Gasteiger partial charge is 0.352 e. The number of hydrogen-bond donors (Lipinski definition) is 2. The Kier molecular flexibility index (Phi) is 4.77. The summed E-state index contributed by atoms with van der Waals surface area (Å²) in [6.07, 6.45) is 2.81. The van der Waals surface area contributed by atoms with Crippen LogP contribution in [-0.4, -0.2) is 18.0 Å². The van der Waals surface area contributed by atoms with Crippen molar-refractivity contribution in [2.45, 2.75) is 31.3 Å². The van der Waals surface area contributed by atoms with Crippen LogP contribution >= 0.6 is 12.4 Å². The number of halogens is 1. The topological polar surface area (TPSA) is 55.1 Å². The molecule has 4 heteroatoms. The monoisotopic (exact) mass is 240 g/mol. The van der Waals surface area contributed by atoms with E-state index in [4.69, 9.17) is 5.73 Å². The van der Waals surface area contributed by atoms with Gasteiger partial charge in [-0.05, 0) is 24.8 Å². The van der Waals surface area contributed by atoms with E-state index in [1.807, 2.05) is 30.3 Å². The van der Waals surface area contributed by atoms with E-state index in [1.54, 1.807) is 0 Å². The van der Waals surface area contributed by atoms with Crippen LogP contribution in [0.3, 0.4) is 0 Å². The van der Waals surface area contributed by atoms with E-state index in [1.165, 1.54) is 0 Å². The molecule has 1 saturated carbocycles. The van der Waals surface area contributed by atoms with Crippen LogP contribution in [-0.2, 0) is 11.2 Å². The van der Waals surface area contributed by atoms with Crippen LogP contribution in [0.4, 0.5) is 0 Å². The van der Waals surface area contributed by atoms with Crippen molar-refractivity contribution >= 4 is 18.3 Å². The Labute approximate surface area is 102 Å². The molecule has 2 rings (SSSR count). The van der Waals surface area contributed by atoms with Gasteiger partial charge < -0.3 is 11.1 Å². The number of nitrogens with two attached hydrogens (primary N) is 1. The molecule has 1 amide bonds. The third-order valence-corrected chi connectivity index (χ3v) is 2.56. The Bertz CT molecular complexity index is 338. The predicted octanol–water partition coefficient (Wildman–Crippen LogP) is 1.26. The normalized spacial score (nSPS) is 16.1. The molecule has 0 heterocycles. The van der Waals surface area contributed by atoms with Crippen LogP contribution in [0.2, 0.25) is 0 Å². The molecule has 0 bridgehead atoms. The molecule has 88 valence electrons. The highest BCUT2D eigenvalue weighted by molar-refractivity contribution is 5.85. The fourth-order valence-electron chi connectivity index (χ4n) is 1.50. The summed E-state index contributed by atoms with van der Waals surface area (Å²) in [6.45, 7) is 0. The molecular formula is C12H17ClN2O. The molecule has 0 spiro atoms. The summed E-state index contributed by atoms with van der Waals surface area (Å²) >= 11 is 0. The van der Waals surface area contributed by atoms with Gasteiger partial charge in [-0.25, -0.2) is 0 Å². The Hall–Kier alpha value is -1.06. The molecule has 0 radical (unpaired) electrons. The van der Waals surface area contributed by atoms with Crippen molar-refractivity contribution in [1.82, 2.24) is 5.32 Å². The summed E-state index contributed by atoms with van der Waals surface area (Å²) < 4.78 is 0. The first kappa shape index (κ1) is 13.0. The highest BCUT2D eigenvalue weighted by atomic mass is 35.5. The quantitative estimate of drug-likeness (QED) is 0.833. The fraction of sp³-hybridized carbons (Fsp3) is 0.417. The van der Waals surface area contributed by atoms with Gasteiger partial charge in [0.05, 0.1) is 6.04 Å². The average Bonchev–Trinajstić information content (AvgIpc) is 3.03. The minimum absolute atomic E-state index is 0. The number of rotatable bonds is 4. The van der Waals surface area contributed by atoms with E-state index in [9.17, 15) is 4.79 Å². The first-order chi connectivity index (χ1) is 7.25. The van der Waals surface area contributed by atoms with Crippen LogP contribution in [0.1, 0.15) is 18.4 Å². The second kappa shape index (κ2) is 5.87. The zero-order chi connectivity index (χ0) is 10.7. The summed E-state index contributed by atoms with van der Waals surface area (Å²) in [5.41, 5.74) is 6.92. The SMILES string of the molecule is Cl.NC(Cc1ccccc1)C(=O)NC1CC1. The highest BCUT2D eigenvalue weighted by Crippen LogP contribution is 2.18. The van der Waals surface area contributed by atoms with Gasteiger partial charge in [-0.1, -0.05) is 30.3 Å². The molecule has 1 aromatic rings. The molecule has 0 saturated heterocycles. The minimum atomic E-state index is -0.423. The Balaban J connectivity index is 0.00000128. The summed E-state index contributed by atoms with van der Waals surface area (Å²) in [5, 5.41) is 2.91. The maximum absolute atomic E-state index is 11.6. The predicted molar refractivity (Wildman–Crippen MR) is 66.5 cm³/mol. The van der Waals surface area contributed by atoms with Crippen LogP contribution in [0, 0.1) is 0 Å². The molecule has 1 aliphatic rings. The van der Waals surface area contributed by atoms with E-state index in [2.05, 4.69) is 5.32 Å². The zero-order valence-electron chi connectivity index (χ0n) is 9.06. The minimum Gasteiger partial charge on any atom is -0.352 e. The van der Waals surface area contributed by atoms with Crippen molar-refractivity contribution in [3.05, 3.63) is 35.9 Å². The van der Waals surface area contributed by atoms with Crippen molar-refractivity contribution < 1.29 is 4.79 Å². The summed E-state index contributed by atoms with van der Waals surface area (Å²) in [5.74, 6) is -0.0265. The van der Waals surface area contributed by atoms with Crippen LogP contribution in [0.25, 0.3) is 0 Å². The molecule has 1 atom stereocenters. The van der Waals surface area contributed by atoms with Crippen molar-refractivity contribution in [3.8, 4) is 0 Å². The van der Waals surface area contributed by atoms with Gasteiger partial charge in [-0.3, -0.25) is 4.79 Å². The molecule has 1 fully saturated rings. The molecular weight excluding hydrogens is 224 g/mol. The first-order valence-electron chi connectivity index (χ1n) is 5.35. The number of nitrogens with one attached hydrogen (secondary N) is 1.